The summed E-state index contributed by atoms with van der Waals surface area (Å²) in [4.78, 5) is 1.10. The first-order valence-electron chi connectivity index (χ1n) is 9.22. The fourth-order valence-electron chi connectivity index (χ4n) is 2.81. The molecule has 0 bridgehead atoms. The number of aliphatic hydroxyl groups is 1. The monoisotopic (exact) mass is 376 g/mol. The van der Waals surface area contributed by atoms with Gasteiger partial charge in [-0.3, -0.25) is 4.68 Å². The summed E-state index contributed by atoms with van der Waals surface area (Å²) in [6.07, 6.45) is 2.08. The number of unbranched alkanes of at least 4 members (excludes halogenated alkanes) is 2. The summed E-state index contributed by atoms with van der Waals surface area (Å²) in [7, 11) is 1.92. The van der Waals surface area contributed by atoms with E-state index in [1.54, 1.807) is 11.8 Å². The van der Waals surface area contributed by atoms with Gasteiger partial charge in [0.1, 0.15) is 16.8 Å². The van der Waals surface area contributed by atoms with E-state index in [1.807, 2.05) is 60.3 Å². The maximum atomic E-state index is 10.9. The number of aryl methyl sites for hydroxylation is 1. The van der Waals surface area contributed by atoms with Crippen molar-refractivity contribution < 1.29 is 5.11 Å². The maximum absolute atomic E-state index is 10.9. The lowest BCUT2D eigenvalue weighted by Gasteiger charge is -2.09. The lowest BCUT2D eigenvalue weighted by atomic mass is 10.0. The number of aromatic nitrogens is 2. The van der Waals surface area contributed by atoms with Crippen molar-refractivity contribution in [2.45, 2.75) is 42.2 Å². The zero-order valence-electron chi connectivity index (χ0n) is 15.7. The third-order valence-corrected chi connectivity index (χ3v) is 5.39. The summed E-state index contributed by atoms with van der Waals surface area (Å²) in [6, 6.07) is 20.1. The minimum Gasteiger partial charge on any atom is -0.376 e. The van der Waals surface area contributed by atoms with Crippen molar-refractivity contribution >= 4 is 11.8 Å². The van der Waals surface area contributed by atoms with E-state index in [4.69, 9.17) is 5.10 Å². The van der Waals surface area contributed by atoms with Crippen molar-refractivity contribution in [1.82, 2.24) is 9.78 Å². The molecular formula is C23H24N2OS. The molecule has 1 heterocycles. The molecule has 4 heteroatoms. The van der Waals surface area contributed by atoms with Crippen LogP contribution in [0.5, 0.6) is 0 Å². The molecule has 0 aliphatic heterocycles. The Morgan fingerprint density at radius 3 is 2.41 bits per heavy atom. The van der Waals surface area contributed by atoms with Gasteiger partial charge in [-0.05, 0) is 18.6 Å². The molecule has 0 saturated carbocycles. The van der Waals surface area contributed by atoms with Crippen molar-refractivity contribution in [1.29, 1.82) is 0 Å². The van der Waals surface area contributed by atoms with Gasteiger partial charge >= 0.3 is 0 Å². The van der Waals surface area contributed by atoms with E-state index in [-0.39, 0.29) is 0 Å². The zero-order chi connectivity index (χ0) is 19.1. The molecule has 2 aromatic carbocycles. The highest BCUT2D eigenvalue weighted by atomic mass is 32.2. The number of nitrogens with zero attached hydrogens (tertiary/aromatic N) is 2. The van der Waals surface area contributed by atoms with Crippen molar-refractivity contribution in [3.05, 3.63) is 66.2 Å². The first-order valence-corrected chi connectivity index (χ1v) is 10.0. The van der Waals surface area contributed by atoms with Gasteiger partial charge in [0.25, 0.3) is 0 Å². The van der Waals surface area contributed by atoms with Crippen LogP contribution < -0.4 is 0 Å². The van der Waals surface area contributed by atoms with Crippen LogP contribution in [-0.4, -0.2) is 14.9 Å². The third kappa shape index (κ3) is 4.82. The fraction of sp³-hybridized carbons (Fsp3) is 0.261. The molecule has 3 nitrogen and oxygen atoms in total. The Balaban J connectivity index is 2.03. The average Bonchev–Trinajstić information content (AvgIpc) is 3.03. The molecule has 0 radical (unpaired) electrons. The fourth-order valence-corrected chi connectivity index (χ4v) is 3.82. The molecule has 0 fully saturated rings. The van der Waals surface area contributed by atoms with Gasteiger partial charge in [-0.1, -0.05) is 79.6 Å². The van der Waals surface area contributed by atoms with E-state index in [1.165, 1.54) is 0 Å². The van der Waals surface area contributed by atoms with Crippen LogP contribution in [0.25, 0.3) is 11.3 Å². The molecule has 27 heavy (non-hydrogen) atoms. The van der Waals surface area contributed by atoms with E-state index in [9.17, 15) is 5.11 Å². The van der Waals surface area contributed by atoms with Crippen LogP contribution in [0.3, 0.4) is 0 Å². The molecule has 1 N–H and O–H groups in total. The second kappa shape index (κ2) is 9.45. The summed E-state index contributed by atoms with van der Waals surface area (Å²) < 4.78 is 1.84. The van der Waals surface area contributed by atoms with Crippen molar-refractivity contribution in [2.24, 2.45) is 7.05 Å². The van der Waals surface area contributed by atoms with Crippen LogP contribution in [0.15, 0.2) is 70.6 Å². The number of rotatable bonds is 6. The van der Waals surface area contributed by atoms with E-state index >= 15 is 0 Å². The van der Waals surface area contributed by atoms with E-state index < -0.39 is 6.10 Å². The van der Waals surface area contributed by atoms with Gasteiger partial charge in [-0.15, -0.1) is 5.92 Å². The van der Waals surface area contributed by atoms with E-state index in [2.05, 4.69) is 30.9 Å². The SMILES string of the molecule is CCCCC#C[C@@H](O)c1c(-c2ccccc2)nn(C)c1Sc1ccccc1. The third-order valence-electron chi connectivity index (χ3n) is 4.20. The van der Waals surface area contributed by atoms with Crippen molar-refractivity contribution in [2.75, 3.05) is 0 Å². The van der Waals surface area contributed by atoms with E-state index in [0.717, 1.165) is 46.0 Å². The van der Waals surface area contributed by atoms with Gasteiger partial charge in [-0.2, -0.15) is 5.10 Å². The molecule has 138 valence electrons. The highest BCUT2D eigenvalue weighted by Gasteiger charge is 2.23. The Labute approximate surface area is 165 Å². The van der Waals surface area contributed by atoms with Gasteiger partial charge in [0, 0.05) is 23.9 Å². The van der Waals surface area contributed by atoms with Crippen LogP contribution in [0, 0.1) is 11.8 Å². The molecule has 0 aliphatic carbocycles. The van der Waals surface area contributed by atoms with Crippen LogP contribution in [0.1, 0.15) is 37.9 Å². The lowest BCUT2D eigenvalue weighted by Crippen LogP contribution is -1.98. The summed E-state index contributed by atoms with van der Waals surface area (Å²) in [5, 5.41) is 16.5. The first-order chi connectivity index (χ1) is 13.2. The molecule has 3 rings (SSSR count). The molecule has 1 atom stereocenters. The molecule has 1 aromatic heterocycles. The molecule has 0 unspecified atom stereocenters. The number of benzene rings is 2. The van der Waals surface area contributed by atoms with Gasteiger partial charge in [0.15, 0.2) is 0 Å². The minimum absolute atomic E-state index is 0.779. The lowest BCUT2D eigenvalue weighted by molar-refractivity contribution is 0.235. The summed E-state index contributed by atoms with van der Waals surface area (Å²) in [6.45, 7) is 2.14. The number of hydrogen-bond acceptors (Lipinski definition) is 3. The molecule has 0 saturated heterocycles. The predicted octanol–water partition coefficient (Wildman–Crippen LogP) is 5.47. The van der Waals surface area contributed by atoms with E-state index in [0.29, 0.717) is 0 Å². The number of aliphatic hydroxyl groups excluding tert-OH is 1. The molecule has 0 amide bonds. The summed E-state index contributed by atoms with van der Waals surface area (Å²) in [5.74, 6) is 6.14. The van der Waals surface area contributed by atoms with Crippen LogP contribution in [0.4, 0.5) is 0 Å². The first kappa shape index (κ1) is 19.3. The topological polar surface area (TPSA) is 38.1 Å². The van der Waals surface area contributed by atoms with Crippen LogP contribution in [-0.2, 0) is 7.05 Å². The second-order valence-electron chi connectivity index (χ2n) is 6.30. The quantitative estimate of drug-likeness (QED) is 0.458. The van der Waals surface area contributed by atoms with Crippen molar-refractivity contribution in [3.63, 3.8) is 0 Å². The van der Waals surface area contributed by atoms with Gasteiger partial charge in [0.2, 0.25) is 0 Å². The molecule has 0 spiro atoms. The van der Waals surface area contributed by atoms with Gasteiger partial charge < -0.3 is 5.11 Å². The second-order valence-corrected chi connectivity index (χ2v) is 7.36. The average molecular weight is 377 g/mol. The largest absolute Gasteiger partial charge is 0.376 e. The summed E-state index contributed by atoms with van der Waals surface area (Å²) >= 11 is 1.60. The number of hydrogen-bond donors (Lipinski definition) is 1. The van der Waals surface area contributed by atoms with Gasteiger partial charge in [0.05, 0.1) is 5.56 Å². The predicted molar refractivity (Wildman–Crippen MR) is 111 cm³/mol. The van der Waals surface area contributed by atoms with Gasteiger partial charge in [-0.25, -0.2) is 0 Å². The standard InChI is InChI=1S/C23H24N2OS/c1-3-4-5-12-17-20(26)21-22(18-13-8-6-9-14-18)24-25(2)23(21)27-19-15-10-7-11-16-19/h6-11,13-16,20,26H,3-5H2,1-2H3/t20-/m1/s1. The van der Waals surface area contributed by atoms with Crippen LogP contribution in [0.2, 0.25) is 0 Å². The Morgan fingerprint density at radius 1 is 1.07 bits per heavy atom. The van der Waals surface area contributed by atoms with Crippen LogP contribution >= 0.6 is 11.8 Å². The Bertz CT molecular complexity index is 924. The molecule has 0 aliphatic rings. The smallest absolute Gasteiger partial charge is 0.145 e. The Morgan fingerprint density at radius 2 is 1.74 bits per heavy atom. The zero-order valence-corrected chi connectivity index (χ0v) is 16.5. The Kier molecular flexibility index (Phi) is 6.75. The highest BCUT2D eigenvalue weighted by Crippen LogP contribution is 2.38. The minimum atomic E-state index is -0.864. The molecule has 3 aromatic rings. The normalized spacial score (nSPS) is 11.7. The Hall–Kier alpha value is -2.48. The maximum Gasteiger partial charge on any atom is 0.145 e. The van der Waals surface area contributed by atoms with Crippen molar-refractivity contribution in [3.8, 4) is 23.1 Å². The summed E-state index contributed by atoms with van der Waals surface area (Å²) in [5.41, 5.74) is 2.55. The molecular weight excluding hydrogens is 352 g/mol. The highest BCUT2D eigenvalue weighted by molar-refractivity contribution is 7.99.